The van der Waals surface area contributed by atoms with Crippen LogP contribution in [0.1, 0.15) is 10.5 Å². The van der Waals surface area contributed by atoms with E-state index in [0.717, 1.165) is 0 Å². The number of aromatic nitrogens is 2. The van der Waals surface area contributed by atoms with E-state index in [1.807, 2.05) is 0 Å². The molecule has 3 N–H and O–H groups in total. The average Bonchev–Trinajstić information content (AvgIpc) is 2.47. The van der Waals surface area contributed by atoms with Crippen LogP contribution in [0.3, 0.4) is 0 Å². The second-order valence-electron chi connectivity index (χ2n) is 2.78. The van der Waals surface area contributed by atoms with E-state index in [1.54, 1.807) is 6.20 Å². The summed E-state index contributed by atoms with van der Waals surface area (Å²) in [4.78, 5) is 14.4. The van der Waals surface area contributed by atoms with Crippen molar-refractivity contribution in [2.24, 2.45) is 0 Å². The predicted molar refractivity (Wildman–Crippen MR) is 51.6 cm³/mol. The molecular formula is C8H6ClN3O2. The van der Waals surface area contributed by atoms with Crippen LogP contribution in [0.2, 0.25) is 5.02 Å². The monoisotopic (exact) mass is 211 g/mol. The molecule has 0 radical (unpaired) electrons. The maximum absolute atomic E-state index is 10.6. The number of rotatable bonds is 1. The molecule has 0 bridgehead atoms. The van der Waals surface area contributed by atoms with Gasteiger partial charge >= 0.3 is 5.97 Å². The van der Waals surface area contributed by atoms with Crippen molar-refractivity contribution in [3.8, 4) is 0 Å². The Morgan fingerprint density at radius 2 is 2.29 bits per heavy atom. The molecule has 0 aromatic carbocycles. The van der Waals surface area contributed by atoms with Crippen LogP contribution in [0.15, 0.2) is 18.5 Å². The number of nitrogen functional groups attached to an aromatic ring is 1. The molecule has 5 nitrogen and oxygen atoms in total. The maximum atomic E-state index is 10.6. The van der Waals surface area contributed by atoms with Crippen LogP contribution < -0.4 is 5.73 Å². The lowest BCUT2D eigenvalue weighted by Crippen LogP contribution is -1.94. The first-order chi connectivity index (χ1) is 6.58. The average molecular weight is 212 g/mol. The minimum Gasteiger partial charge on any atom is -0.476 e. The quantitative estimate of drug-likeness (QED) is 0.744. The van der Waals surface area contributed by atoms with E-state index < -0.39 is 5.97 Å². The van der Waals surface area contributed by atoms with Crippen molar-refractivity contribution >= 4 is 28.9 Å². The van der Waals surface area contributed by atoms with Crippen molar-refractivity contribution in [3.05, 3.63) is 29.2 Å². The molecule has 2 aromatic heterocycles. The van der Waals surface area contributed by atoms with Gasteiger partial charge in [-0.15, -0.1) is 0 Å². The van der Waals surface area contributed by atoms with Gasteiger partial charge < -0.3 is 15.2 Å². The first-order valence-corrected chi connectivity index (χ1v) is 4.13. The van der Waals surface area contributed by atoms with Crippen molar-refractivity contribution < 1.29 is 9.90 Å². The minimum absolute atomic E-state index is 0.0579. The third kappa shape index (κ3) is 1.27. The lowest BCUT2D eigenvalue weighted by atomic mass is 10.4. The van der Waals surface area contributed by atoms with Crippen molar-refractivity contribution in [1.82, 2.24) is 9.38 Å². The van der Waals surface area contributed by atoms with Gasteiger partial charge in [-0.25, -0.2) is 9.78 Å². The number of aromatic carboxylic acids is 1. The van der Waals surface area contributed by atoms with E-state index in [1.165, 1.54) is 16.7 Å². The second kappa shape index (κ2) is 2.88. The smallest absolute Gasteiger partial charge is 0.356 e. The van der Waals surface area contributed by atoms with Gasteiger partial charge in [0.05, 0.1) is 5.02 Å². The molecule has 2 heterocycles. The molecule has 2 aromatic rings. The number of imidazole rings is 1. The fraction of sp³-hybridized carbons (Fsp3) is 0. The van der Waals surface area contributed by atoms with Gasteiger partial charge in [0.25, 0.3) is 0 Å². The highest BCUT2D eigenvalue weighted by Gasteiger charge is 2.10. The molecule has 0 fully saturated rings. The number of hydrogen-bond acceptors (Lipinski definition) is 3. The molecule has 0 atom stereocenters. The Balaban J connectivity index is 2.76. The highest BCUT2D eigenvalue weighted by Crippen LogP contribution is 2.19. The Kier molecular flexibility index (Phi) is 1.82. The molecular weight excluding hydrogens is 206 g/mol. The molecule has 0 saturated carbocycles. The first kappa shape index (κ1) is 8.83. The largest absolute Gasteiger partial charge is 0.476 e. The number of halogens is 1. The third-order valence-electron chi connectivity index (χ3n) is 1.75. The summed E-state index contributed by atoms with van der Waals surface area (Å²) in [6.45, 7) is 0. The lowest BCUT2D eigenvalue weighted by Gasteiger charge is -1.97. The fourth-order valence-electron chi connectivity index (χ4n) is 1.18. The zero-order valence-corrected chi connectivity index (χ0v) is 7.69. The highest BCUT2D eigenvalue weighted by atomic mass is 35.5. The Hall–Kier alpha value is -1.75. The number of carboxylic acids is 1. The van der Waals surface area contributed by atoms with Crippen LogP contribution in [0.25, 0.3) is 5.65 Å². The lowest BCUT2D eigenvalue weighted by molar-refractivity contribution is 0.0691. The van der Waals surface area contributed by atoms with Crippen LogP contribution in [0.4, 0.5) is 5.69 Å². The Morgan fingerprint density at radius 1 is 1.57 bits per heavy atom. The van der Waals surface area contributed by atoms with Gasteiger partial charge in [-0.05, 0) is 6.07 Å². The van der Waals surface area contributed by atoms with Crippen molar-refractivity contribution in [3.63, 3.8) is 0 Å². The topological polar surface area (TPSA) is 80.6 Å². The standard InChI is InChI=1S/C8H6ClN3O2/c9-5-1-4(10)2-12-3-6(8(13)14)11-7(5)12/h1-3H,10H2,(H,13,14). The first-order valence-electron chi connectivity index (χ1n) is 3.75. The van der Waals surface area contributed by atoms with E-state index in [2.05, 4.69) is 4.98 Å². The van der Waals surface area contributed by atoms with Gasteiger partial charge in [-0.3, -0.25) is 0 Å². The number of pyridine rings is 1. The minimum atomic E-state index is -1.09. The number of hydrogen-bond donors (Lipinski definition) is 2. The van der Waals surface area contributed by atoms with Crippen LogP contribution in [-0.4, -0.2) is 20.5 Å². The van der Waals surface area contributed by atoms with Gasteiger partial charge in [0.1, 0.15) is 0 Å². The summed E-state index contributed by atoms with van der Waals surface area (Å²) in [6, 6.07) is 1.52. The molecule has 14 heavy (non-hydrogen) atoms. The van der Waals surface area contributed by atoms with Crippen molar-refractivity contribution in [2.75, 3.05) is 5.73 Å². The van der Waals surface area contributed by atoms with Crippen LogP contribution in [0.5, 0.6) is 0 Å². The zero-order valence-electron chi connectivity index (χ0n) is 6.94. The number of nitrogens with zero attached hydrogens (tertiary/aromatic N) is 2. The predicted octanol–water partition coefficient (Wildman–Crippen LogP) is 1.27. The second-order valence-corrected chi connectivity index (χ2v) is 3.19. The fourth-order valence-corrected chi connectivity index (χ4v) is 1.45. The van der Waals surface area contributed by atoms with E-state index in [4.69, 9.17) is 22.4 Å². The molecule has 0 aliphatic rings. The molecule has 0 amide bonds. The molecule has 6 heteroatoms. The molecule has 2 rings (SSSR count). The van der Waals surface area contributed by atoms with Gasteiger partial charge in [0, 0.05) is 18.1 Å². The molecule has 72 valence electrons. The number of fused-ring (bicyclic) bond motifs is 1. The van der Waals surface area contributed by atoms with Gasteiger partial charge in [0.15, 0.2) is 11.3 Å². The van der Waals surface area contributed by atoms with E-state index in [-0.39, 0.29) is 5.69 Å². The molecule has 0 unspecified atom stereocenters. The number of nitrogens with two attached hydrogens (primary N) is 1. The molecule has 0 spiro atoms. The SMILES string of the molecule is Nc1cc(Cl)c2nc(C(=O)O)cn2c1. The van der Waals surface area contributed by atoms with Gasteiger partial charge in [-0.2, -0.15) is 0 Å². The van der Waals surface area contributed by atoms with E-state index in [9.17, 15) is 4.79 Å². The summed E-state index contributed by atoms with van der Waals surface area (Å²) >= 11 is 5.82. The summed E-state index contributed by atoms with van der Waals surface area (Å²) in [5.41, 5.74) is 6.31. The highest BCUT2D eigenvalue weighted by molar-refractivity contribution is 6.33. The number of carboxylic acid groups (broad SMARTS) is 1. The summed E-state index contributed by atoms with van der Waals surface area (Å²) < 4.78 is 1.49. The molecule has 0 aliphatic carbocycles. The molecule has 0 saturated heterocycles. The maximum Gasteiger partial charge on any atom is 0.356 e. The Labute approximate surface area is 83.7 Å². The van der Waals surface area contributed by atoms with Crippen molar-refractivity contribution in [2.45, 2.75) is 0 Å². The zero-order chi connectivity index (χ0) is 10.3. The summed E-state index contributed by atoms with van der Waals surface area (Å²) in [7, 11) is 0. The normalized spacial score (nSPS) is 10.6. The van der Waals surface area contributed by atoms with Crippen molar-refractivity contribution in [1.29, 1.82) is 0 Å². The summed E-state index contributed by atoms with van der Waals surface area (Å²) in [5, 5.41) is 9.03. The van der Waals surface area contributed by atoms with E-state index in [0.29, 0.717) is 16.4 Å². The van der Waals surface area contributed by atoms with Crippen LogP contribution >= 0.6 is 11.6 Å². The number of carbonyl (C=O) groups is 1. The van der Waals surface area contributed by atoms with Crippen LogP contribution in [-0.2, 0) is 0 Å². The van der Waals surface area contributed by atoms with Crippen LogP contribution in [0, 0.1) is 0 Å². The molecule has 0 aliphatic heterocycles. The Bertz CT molecular complexity index is 521. The van der Waals surface area contributed by atoms with Gasteiger partial charge in [0.2, 0.25) is 0 Å². The van der Waals surface area contributed by atoms with E-state index >= 15 is 0 Å². The van der Waals surface area contributed by atoms with Gasteiger partial charge in [-0.1, -0.05) is 11.6 Å². The summed E-state index contributed by atoms with van der Waals surface area (Å²) in [5.74, 6) is -1.09. The number of anilines is 1. The summed E-state index contributed by atoms with van der Waals surface area (Å²) in [6.07, 6.45) is 2.92. The Morgan fingerprint density at radius 3 is 2.93 bits per heavy atom. The third-order valence-corrected chi connectivity index (χ3v) is 2.02.